The summed E-state index contributed by atoms with van der Waals surface area (Å²) < 4.78 is 5.71. The molecular weight excluding hydrogens is 370 g/mol. The van der Waals surface area contributed by atoms with Gasteiger partial charge in [0.1, 0.15) is 6.61 Å². The number of carbonyl (C=O) groups is 1. The fourth-order valence-corrected chi connectivity index (χ4v) is 4.02. The molecule has 1 unspecified atom stereocenters. The van der Waals surface area contributed by atoms with Crippen molar-refractivity contribution in [2.24, 2.45) is 0 Å². The van der Waals surface area contributed by atoms with Gasteiger partial charge in [-0.1, -0.05) is 84.4 Å². The molecule has 1 amide bonds. The van der Waals surface area contributed by atoms with Gasteiger partial charge in [-0.15, -0.1) is 0 Å². The first-order valence-electron chi connectivity index (χ1n) is 9.47. The van der Waals surface area contributed by atoms with Crippen LogP contribution in [0.5, 0.6) is 0 Å². The maximum Gasteiger partial charge on any atom is 0.249 e. The van der Waals surface area contributed by atoms with E-state index in [1.807, 2.05) is 71.6 Å². The second-order valence-corrected chi connectivity index (χ2v) is 7.35. The molecule has 0 N–H and O–H groups in total. The quantitative estimate of drug-likeness (QED) is 0.610. The fourth-order valence-electron chi connectivity index (χ4n) is 3.78. The normalized spacial score (nSPS) is 15.9. The van der Waals surface area contributed by atoms with E-state index in [0.29, 0.717) is 18.2 Å². The van der Waals surface area contributed by atoms with Crippen molar-refractivity contribution in [1.29, 1.82) is 0 Å². The lowest BCUT2D eigenvalue weighted by Crippen LogP contribution is -2.42. The Morgan fingerprint density at radius 1 is 0.929 bits per heavy atom. The molecule has 0 bridgehead atoms. The number of halogens is 1. The van der Waals surface area contributed by atoms with Gasteiger partial charge in [-0.2, -0.15) is 0 Å². The molecule has 0 saturated carbocycles. The number of ether oxygens (including phenoxy) is 1. The van der Waals surface area contributed by atoms with E-state index in [9.17, 15) is 4.79 Å². The SMILES string of the molecule is O=C(COCc1ccccc1)N1CCc2ccccc2C1c1ccccc1Cl. The van der Waals surface area contributed by atoms with Crippen molar-refractivity contribution >= 4 is 17.5 Å². The van der Waals surface area contributed by atoms with E-state index < -0.39 is 0 Å². The molecule has 28 heavy (non-hydrogen) atoms. The lowest BCUT2D eigenvalue weighted by molar-refractivity contribution is -0.138. The summed E-state index contributed by atoms with van der Waals surface area (Å²) in [5, 5.41) is 0.673. The van der Waals surface area contributed by atoms with Gasteiger partial charge in [-0.25, -0.2) is 0 Å². The fraction of sp³-hybridized carbons (Fsp3) is 0.208. The van der Waals surface area contributed by atoms with Crippen LogP contribution in [0.15, 0.2) is 78.9 Å². The summed E-state index contributed by atoms with van der Waals surface area (Å²) in [7, 11) is 0. The Labute approximate surface area is 170 Å². The smallest absolute Gasteiger partial charge is 0.249 e. The van der Waals surface area contributed by atoms with E-state index in [4.69, 9.17) is 16.3 Å². The van der Waals surface area contributed by atoms with E-state index in [1.54, 1.807) is 0 Å². The van der Waals surface area contributed by atoms with Gasteiger partial charge in [-0.05, 0) is 34.7 Å². The molecule has 1 aliphatic heterocycles. The summed E-state index contributed by atoms with van der Waals surface area (Å²) in [6.07, 6.45) is 0.835. The highest BCUT2D eigenvalue weighted by Crippen LogP contribution is 2.38. The van der Waals surface area contributed by atoms with Crippen LogP contribution in [-0.4, -0.2) is 24.0 Å². The standard InChI is InChI=1S/C24H22ClNO2/c25-22-13-7-6-12-21(22)24-20-11-5-4-10-19(20)14-15-26(24)23(27)17-28-16-18-8-2-1-3-9-18/h1-13,24H,14-17H2. The van der Waals surface area contributed by atoms with Gasteiger partial charge in [0, 0.05) is 11.6 Å². The number of amides is 1. The van der Waals surface area contributed by atoms with Crippen molar-refractivity contribution in [3.05, 3.63) is 106 Å². The summed E-state index contributed by atoms with van der Waals surface area (Å²) in [6.45, 7) is 1.13. The first-order valence-corrected chi connectivity index (χ1v) is 9.85. The van der Waals surface area contributed by atoms with Crippen molar-refractivity contribution in [3.63, 3.8) is 0 Å². The minimum Gasteiger partial charge on any atom is -0.367 e. The molecule has 0 saturated heterocycles. The van der Waals surface area contributed by atoms with Gasteiger partial charge >= 0.3 is 0 Å². The van der Waals surface area contributed by atoms with Gasteiger partial charge in [0.2, 0.25) is 5.91 Å². The lowest BCUT2D eigenvalue weighted by Gasteiger charge is -2.38. The number of carbonyl (C=O) groups excluding carboxylic acids is 1. The van der Waals surface area contributed by atoms with Crippen LogP contribution in [0.2, 0.25) is 5.02 Å². The van der Waals surface area contributed by atoms with Crippen molar-refractivity contribution in [2.75, 3.05) is 13.2 Å². The highest BCUT2D eigenvalue weighted by molar-refractivity contribution is 6.31. The molecule has 0 fully saturated rings. The number of benzene rings is 3. The summed E-state index contributed by atoms with van der Waals surface area (Å²) in [6, 6.07) is 25.7. The topological polar surface area (TPSA) is 29.5 Å². The third-order valence-electron chi connectivity index (χ3n) is 5.14. The van der Waals surface area contributed by atoms with Crippen LogP contribution in [0.3, 0.4) is 0 Å². The molecule has 4 heteroatoms. The Morgan fingerprint density at radius 3 is 2.39 bits per heavy atom. The van der Waals surface area contributed by atoms with Crippen LogP contribution in [0.4, 0.5) is 0 Å². The summed E-state index contributed by atoms with van der Waals surface area (Å²) in [5.41, 5.74) is 4.41. The predicted molar refractivity (Wildman–Crippen MR) is 111 cm³/mol. The van der Waals surface area contributed by atoms with Crippen LogP contribution in [0.25, 0.3) is 0 Å². The Bertz CT molecular complexity index is 958. The Balaban J connectivity index is 1.56. The number of fused-ring (bicyclic) bond motifs is 1. The second kappa shape index (κ2) is 8.59. The summed E-state index contributed by atoms with van der Waals surface area (Å²) in [4.78, 5) is 14.9. The molecule has 0 aromatic heterocycles. The van der Waals surface area contributed by atoms with Crippen LogP contribution in [0.1, 0.15) is 28.3 Å². The van der Waals surface area contributed by atoms with Gasteiger partial charge < -0.3 is 9.64 Å². The van der Waals surface area contributed by atoms with Crippen LogP contribution in [0, 0.1) is 0 Å². The molecule has 3 nitrogen and oxygen atoms in total. The summed E-state index contributed by atoms with van der Waals surface area (Å²) >= 11 is 6.51. The van der Waals surface area contributed by atoms with Gasteiger partial charge in [-0.3, -0.25) is 4.79 Å². The molecule has 142 valence electrons. The van der Waals surface area contributed by atoms with Gasteiger partial charge in [0.05, 0.1) is 12.6 Å². The minimum absolute atomic E-state index is 0.0182. The summed E-state index contributed by atoms with van der Waals surface area (Å²) in [5.74, 6) is -0.0182. The number of hydrogen-bond acceptors (Lipinski definition) is 2. The van der Waals surface area contributed by atoms with Crippen LogP contribution >= 0.6 is 11.6 Å². The highest BCUT2D eigenvalue weighted by Gasteiger charge is 2.32. The highest BCUT2D eigenvalue weighted by atomic mass is 35.5. The monoisotopic (exact) mass is 391 g/mol. The van der Waals surface area contributed by atoms with E-state index >= 15 is 0 Å². The average Bonchev–Trinajstić information content (AvgIpc) is 2.74. The molecule has 0 spiro atoms. The van der Waals surface area contributed by atoms with Crippen molar-refractivity contribution < 1.29 is 9.53 Å². The van der Waals surface area contributed by atoms with Gasteiger partial charge in [0.25, 0.3) is 0 Å². The Kier molecular flexibility index (Phi) is 5.75. The zero-order chi connectivity index (χ0) is 19.3. The first kappa shape index (κ1) is 18.7. The third kappa shape index (κ3) is 3.96. The van der Waals surface area contributed by atoms with Crippen molar-refractivity contribution in [1.82, 2.24) is 4.90 Å². The van der Waals surface area contributed by atoms with E-state index in [1.165, 1.54) is 5.56 Å². The van der Waals surface area contributed by atoms with Crippen molar-refractivity contribution in [2.45, 2.75) is 19.1 Å². The molecule has 1 atom stereocenters. The molecule has 1 aliphatic rings. The average molecular weight is 392 g/mol. The van der Waals surface area contributed by atoms with Crippen LogP contribution in [-0.2, 0) is 22.6 Å². The largest absolute Gasteiger partial charge is 0.367 e. The molecule has 3 aromatic carbocycles. The number of rotatable bonds is 5. The van der Waals surface area contributed by atoms with E-state index in [0.717, 1.165) is 23.1 Å². The predicted octanol–water partition coefficient (Wildman–Crippen LogP) is 5.03. The molecular formula is C24H22ClNO2. The third-order valence-corrected chi connectivity index (χ3v) is 5.48. The molecule has 1 heterocycles. The Hall–Kier alpha value is -2.62. The zero-order valence-corrected chi connectivity index (χ0v) is 16.3. The first-order chi connectivity index (χ1) is 13.7. The van der Waals surface area contributed by atoms with Crippen LogP contribution < -0.4 is 0 Å². The Morgan fingerprint density at radius 2 is 1.61 bits per heavy atom. The number of hydrogen-bond donors (Lipinski definition) is 0. The lowest BCUT2D eigenvalue weighted by atomic mass is 9.88. The maximum absolute atomic E-state index is 13.1. The minimum atomic E-state index is -0.188. The molecule has 4 rings (SSSR count). The number of nitrogens with zero attached hydrogens (tertiary/aromatic N) is 1. The molecule has 3 aromatic rings. The van der Waals surface area contributed by atoms with Gasteiger partial charge in [0.15, 0.2) is 0 Å². The molecule has 0 aliphatic carbocycles. The second-order valence-electron chi connectivity index (χ2n) is 6.94. The molecule has 0 radical (unpaired) electrons. The zero-order valence-electron chi connectivity index (χ0n) is 15.6. The van der Waals surface area contributed by atoms with Crippen molar-refractivity contribution in [3.8, 4) is 0 Å². The van der Waals surface area contributed by atoms with E-state index in [2.05, 4.69) is 12.1 Å². The maximum atomic E-state index is 13.1. The van der Waals surface area contributed by atoms with E-state index in [-0.39, 0.29) is 18.6 Å².